The van der Waals surface area contributed by atoms with E-state index in [1.54, 1.807) is 27.7 Å². The van der Waals surface area contributed by atoms with Crippen LogP contribution in [-0.4, -0.2) is 55.0 Å². The summed E-state index contributed by atoms with van der Waals surface area (Å²) in [5, 5.41) is 49.6. The minimum absolute atomic E-state index is 0.874. The molecule has 0 amide bonds. The molecule has 5 heteroatoms. The SMILES string of the molecule is CC1(C)C(O)[C@@]1(O)C(O)[C@@]1(O)C(O)C1(C)C. The van der Waals surface area contributed by atoms with Gasteiger partial charge < -0.3 is 25.5 Å². The van der Waals surface area contributed by atoms with Gasteiger partial charge in [-0.2, -0.15) is 0 Å². The van der Waals surface area contributed by atoms with Gasteiger partial charge >= 0.3 is 0 Å². The zero-order chi connectivity index (χ0) is 12.7. The average Bonchev–Trinajstić information content (AvgIpc) is 2.77. The standard InChI is InChI=1S/C11H20O5/c1-8(2)5(12)10(8,15)7(14)11(16)6(13)9(11,3)4/h5-7,12-16H,1-4H3/t5?,6?,7?,10-,11+. The lowest BCUT2D eigenvalue weighted by Gasteiger charge is -2.27. The van der Waals surface area contributed by atoms with E-state index in [1.807, 2.05) is 0 Å². The third-order valence-electron chi connectivity index (χ3n) is 4.93. The van der Waals surface area contributed by atoms with Crippen molar-refractivity contribution in [3.05, 3.63) is 0 Å². The molecule has 0 aliphatic heterocycles. The molecule has 16 heavy (non-hydrogen) atoms. The van der Waals surface area contributed by atoms with Crippen molar-refractivity contribution >= 4 is 0 Å². The topological polar surface area (TPSA) is 101 Å². The van der Waals surface area contributed by atoms with E-state index in [9.17, 15) is 25.5 Å². The zero-order valence-corrected chi connectivity index (χ0v) is 9.97. The Morgan fingerprint density at radius 3 is 1.12 bits per heavy atom. The van der Waals surface area contributed by atoms with Gasteiger partial charge in [0.05, 0.1) is 12.2 Å². The molecule has 0 radical (unpaired) electrons. The molecule has 0 aromatic rings. The molecule has 5 N–H and O–H groups in total. The largest absolute Gasteiger partial charge is 0.389 e. The second kappa shape index (κ2) is 2.62. The van der Waals surface area contributed by atoms with Crippen molar-refractivity contribution in [1.29, 1.82) is 0 Å². The van der Waals surface area contributed by atoms with Crippen LogP contribution in [-0.2, 0) is 0 Å². The lowest BCUT2D eigenvalue weighted by Crippen LogP contribution is -2.48. The summed E-state index contributed by atoms with van der Waals surface area (Å²) in [4.78, 5) is 0. The minimum atomic E-state index is -1.75. The molecule has 3 unspecified atom stereocenters. The maximum absolute atomic E-state index is 10.1. The van der Waals surface area contributed by atoms with Crippen molar-refractivity contribution in [1.82, 2.24) is 0 Å². The van der Waals surface area contributed by atoms with Crippen molar-refractivity contribution in [3.63, 3.8) is 0 Å². The van der Waals surface area contributed by atoms with Gasteiger partial charge in [-0.1, -0.05) is 27.7 Å². The highest BCUT2D eigenvalue weighted by molar-refractivity contribution is 5.35. The first kappa shape index (κ1) is 12.3. The summed E-state index contributed by atoms with van der Waals surface area (Å²) in [7, 11) is 0. The Morgan fingerprint density at radius 2 is 1.00 bits per heavy atom. The molecule has 2 aliphatic rings. The Labute approximate surface area is 94.3 Å². The van der Waals surface area contributed by atoms with Crippen LogP contribution in [0.5, 0.6) is 0 Å². The van der Waals surface area contributed by atoms with Gasteiger partial charge in [-0.3, -0.25) is 0 Å². The monoisotopic (exact) mass is 232 g/mol. The molecular weight excluding hydrogens is 212 g/mol. The maximum atomic E-state index is 10.1. The Bertz CT molecular complexity index is 307. The van der Waals surface area contributed by atoms with Crippen LogP contribution in [0.15, 0.2) is 0 Å². The molecule has 0 spiro atoms. The molecule has 2 rings (SSSR count). The fraction of sp³-hybridized carbons (Fsp3) is 1.00. The lowest BCUT2D eigenvalue weighted by molar-refractivity contribution is -0.130. The third kappa shape index (κ3) is 0.912. The first-order chi connectivity index (χ1) is 6.96. The Morgan fingerprint density at radius 1 is 0.812 bits per heavy atom. The Kier molecular flexibility index (Phi) is 2.01. The van der Waals surface area contributed by atoms with Crippen LogP contribution >= 0.6 is 0 Å². The average molecular weight is 232 g/mol. The first-order valence-electron chi connectivity index (χ1n) is 5.45. The zero-order valence-electron chi connectivity index (χ0n) is 9.97. The van der Waals surface area contributed by atoms with Crippen LogP contribution < -0.4 is 0 Å². The van der Waals surface area contributed by atoms with Gasteiger partial charge in [0.1, 0.15) is 17.3 Å². The summed E-state index contributed by atoms with van der Waals surface area (Å²) in [6.45, 7) is 6.41. The smallest absolute Gasteiger partial charge is 0.127 e. The Hall–Kier alpha value is -0.200. The predicted molar refractivity (Wildman–Crippen MR) is 55.5 cm³/mol. The van der Waals surface area contributed by atoms with Gasteiger partial charge in [-0.15, -0.1) is 0 Å². The molecular formula is C11H20O5. The molecule has 0 aromatic carbocycles. The first-order valence-corrected chi connectivity index (χ1v) is 5.45. The van der Waals surface area contributed by atoms with Gasteiger partial charge in [0, 0.05) is 10.8 Å². The van der Waals surface area contributed by atoms with Crippen LogP contribution in [0.1, 0.15) is 27.7 Å². The molecule has 2 aliphatic carbocycles. The van der Waals surface area contributed by atoms with Crippen molar-refractivity contribution in [2.45, 2.75) is 57.2 Å². The van der Waals surface area contributed by atoms with Crippen LogP contribution in [0.4, 0.5) is 0 Å². The summed E-state index contributed by atoms with van der Waals surface area (Å²) >= 11 is 0. The molecule has 0 heterocycles. The fourth-order valence-corrected chi connectivity index (χ4v) is 2.83. The van der Waals surface area contributed by atoms with Crippen LogP contribution in [0.25, 0.3) is 0 Å². The molecule has 94 valence electrons. The molecule has 5 atom stereocenters. The van der Waals surface area contributed by atoms with E-state index in [4.69, 9.17) is 0 Å². The minimum Gasteiger partial charge on any atom is -0.389 e. The molecule has 0 saturated heterocycles. The Balaban J connectivity index is 2.27. The van der Waals surface area contributed by atoms with Gasteiger partial charge in [-0.25, -0.2) is 0 Å². The van der Waals surface area contributed by atoms with Crippen LogP contribution in [0.2, 0.25) is 0 Å². The van der Waals surface area contributed by atoms with Gasteiger partial charge in [0.2, 0.25) is 0 Å². The van der Waals surface area contributed by atoms with E-state index in [-0.39, 0.29) is 0 Å². The highest BCUT2D eigenvalue weighted by atomic mass is 16.4. The van der Waals surface area contributed by atoms with Crippen LogP contribution in [0.3, 0.4) is 0 Å². The van der Waals surface area contributed by atoms with Gasteiger partial charge in [-0.05, 0) is 0 Å². The van der Waals surface area contributed by atoms with E-state index in [2.05, 4.69) is 0 Å². The fourth-order valence-electron chi connectivity index (χ4n) is 2.83. The summed E-state index contributed by atoms with van der Waals surface area (Å²) in [6.07, 6.45) is -3.75. The second-order valence-electron chi connectivity index (χ2n) is 6.30. The molecule has 0 bridgehead atoms. The summed E-state index contributed by atoms with van der Waals surface area (Å²) in [5.74, 6) is 0. The van der Waals surface area contributed by atoms with Crippen molar-refractivity contribution in [2.24, 2.45) is 10.8 Å². The number of rotatable bonds is 2. The van der Waals surface area contributed by atoms with E-state index < -0.39 is 40.3 Å². The maximum Gasteiger partial charge on any atom is 0.127 e. The molecule has 0 aromatic heterocycles. The van der Waals surface area contributed by atoms with Gasteiger partial charge in [0.25, 0.3) is 0 Å². The highest BCUT2D eigenvalue weighted by Gasteiger charge is 2.85. The lowest BCUT2D eigenvalue weighted by atomic mass is 9.92. The van der Waals surface area contributed by atoms with Crippen LogP contribution in [0, 0.1) is 10.8 Å². The highest BCUT2D eigenvalue weighted by Crippen LogP contribution is 2.67. The van der Waals surface area contributed by atoms with E-state index in [0.717, 1.165) is 0 Å². The summed E-state index contributed by atoms with van der Waals surface area (Å²) in [5.41, 5.74) is -5.26. The normalized spacial score (nSPS) is 54.6. The third-order valence-corrected chi connectivity index (χ3v) is 4.93. The summed E-state index contributed by atoms with van der Waals surface area (Å²) < 4.78 is 0. The van der Waals surface area contributed by atoms with Gasteiger partial charge in [0.15, 0.2) is 0 Å². The summed E-state index contributed by atoms with van der Waals surface area (Å²) in [6, 6.07) is 0. The predicted octanol–water partition coefficient (Wildman–Crippen LogP) is -1.39. The number of hydrogen-bond acceptors (Lipinski definition) is 5. The van der Waals surface area contributed by atoms with E-state index >= 15 is 0 Å². The van der Waals surface area contributed by atoms with Crippen molar-refractivity contribution < 1.29 is 25.5 Å². The van der Waals surface area contributed by atoms with Crippen molar-refractivity contribution in [2.75, 3.05) is 0 Å². The van der Waals surface area contributed by atoms with E-state index in [0.29, 0.717) is 0 Å². The van der Waals surface area contributed by atoms with E-state index in [1.165, 1.54) is 0 Å². The number of hydrogen-bond donors (Lipinski definition) is 5. The number of aliphatic hydroxyl groups excluding tert-OH is 3. The number of aliphatic hydroxyl groups is 5. The second-order valence-corrected chi connectivity index (χ2v) is 6.30. The molecule has 2 saturated carbocycles. The quantitative estimate of drug-likeness (QED) is 0.403. The van der Waals surface area contributed by atoms with Crippen molar-refractivity contribution in [3.8, 4) is 0 Å². The molecule has 5 nitrogen and oxygen atoms in total. The molecule has 2 fully saturated rings.